The second-order valence-electron chi connectivity index (χ2n) is 2.34. The van der Waals surface area contributed by atoms with Gasteiger partial charge in [-0.05, 0) is 6.42 Å². The average molecular weight is 174 g/mol. The van der Waals surface area contributed by atoms with E-state index in [2.05, 4.69) is 11.3 Å². The molecule has 0 spiro atoms. The monoisotopic (exact) mass is 174 g/mol. The Labute approximate surface area is 71.5 Å². The van der Waals surface area contributed by atoms with Gasteiger partial charge in [-0.15, -0.1) is 0 Å². The molecule has 70 valence electrons. The fourth-order valence-electron chi connectivity index (χ4n) is 0.654. The molecule has 0 aliphatic carbocycles. The molecule has 0 aromatic carbocycles. The number of rotatable bonds is 6. The zero-order chi connectivity index (χ0) is 9.40. The number of carbonyl (C=O) groups is 1. The zero-order valence-corrected chi connectivity index (χ0v) is 6.90. The summed E-state index contributed by atoms with van der Waals surface area (Å²) in [5.41, 5.74) is 0. The number of carbonyl (C=O) groups excluding carboxylic acids is 1. The lowest BCUT2D eigenvalue weighted by molar-refractivity contribution is -0.144. The van der Waals surface area contributed by atoms with Gasteiger partial charge in [0.25, 0.3) is 0 Å². The molecule has 1 unspecified atom stereocenters. The lowest BCUT2D eigenvalue weighted by Crippen LogP contribution is -2.16. The van der Waals surface area contributed by atoms with Crippen molar-refractivity contribution in [1.29, 1.82) is 0 Å². The molecular weight excluding hydrogens is 160 g/mol. The van der Waals surface area contributed by atoms with Gasteiger partial charge in [0.1, 0.15) is 6.61 Å². The summed E-state index contributed by atoms with van der Waals surface area (Å²) in [7, 11) is 0. The molecule has 0 fully saturated rings. The minimum Gasteiger partial charge on any atom is -0.461 e. The van der Waals surface area contributed by atoms with Crippen molar-refractivity contribution in [3.8, 4) is 0 Å². The maximum absolute atomic E-state index is 10.8. The highest BCUT2D eigenvalue weighted by Crippen LogP contribution is 1.98. The predicted molar refractivity (Wildman–Crippen MR) is 43.5 cm³/mol. The third kappa shape index (κ3) is 5.88. The molecule has 0 bridgehead atoms. The van der Waals surface area contributed by atoms with Gasteiger partial charge in [-0.2, -0.15) is 0 Å². The average Bonchev–Trinajstić information content (AvgIpc) is 2.01. The molecule has 0 aromatic heterocycles. The van der Waals surface area contributed by atoms with Crippen molar-refractivity contribution in [3.05, 3.63) is 12.7 Å². The second kappa shape index (κ2) is 6.82. The minimum atomic E-state index is -0.813. The van der Waals surface area contributed by atoms with E-state index in [-0.39, 0.29) is 26.1 Å². The molecule has 4 heteroatoms. The summed E-state index contributed by atoms with van der Waals surface area (Å²) in [5.74, 6) is -0.476. The predicted octanol–water partition coefficient (Wildman–Crippen LogP) is -0.151. The minimum absolute atomic E-state index is 0.0750. The van der Waals surface area contributed by atoms with Crippen molar-refractivity contribution in [3.63, 3.8) is 0 Å². The first-order valence-electron chi connectivity index (χ1n) is 3.76. The smallest absolute Gasteiger partial charge is 0.308 e. The van der Waals surface area contributed by atoms with Gasteiger partial charge in [0.2, 0.25) is 0 Å². The highest BCUT2D eigenvalue weighted by Gasteiger charge is 2.10. The summed E-state index contributed by atoms with van der Waals surface area (Å²) in [6.45, 7) is 3.40. The molecule has 0 saturated carbocycles. The molecule has 12 heavy (non-hydrogen) atoms. The van der Waals surface area contributed by atoms with Gasteiger partial charge in [0.05, 0.1) is 12.5 Å². The van der Waals surface area contributed by atoms with Gasteiger partial charge >= 0.3 is 5.97 Å². The maximum Gasteiger partial charge on any atom is 0.308 e. The summed E-state index contributed by atoms with van der Waals surface area (Å²) in [6, 6.07) is 0. The highest BCUT2D eigenvalue weighted by molar-refractivity contribution is 5.69. The van der Waals surface area contributed by atoms with Crippen LogP contribution in [0.3, 0.4) is 0 Å². The van der Waals surface area contributed by atoms with E-state index in [1.54, 1.807) is 0 Å². The van der Waals surface area contributed by atoms with Crippen molar-refractivity contribution in [2.45, 2.75) is 18.9 Å². The van der Waals surface area contributed by atoms with Gasteiger partial charge in [-0.3, -0.25) is 4.79 Å². The molecular formula is C8H14O4. The quantitative estimate of drug-likeness (QED) is 0.434. The van der Waals surface area contributed by atoms with Gasteiger partial charge in [-0.25, -0.2) is 0 Å². The lowest BCUT2D eigenvalue weighted by Gasteiger charge is -2.07. The van der Waals surface area contributed by atoms with E-state index in [9.17, 15) is 4.79 Å². The maximum atomic E-state index is 10.8. The van der Waals surface area contributed by atoms with Crippen LogP contribution in [0.1, 0.15) is 12.8 Å². The van der Waals surface area contributed by atoms with Crippen molar-refractivity contribution < 1.29 is 19.7 Å². The van der Waals surface area contributed by atoms with Crippen LogP contribution in [0, 0.1) is 0 Å². The normalized spacial score (nSPS) is 12.2. The third-order valence-corrected chi connectivity index (χ3v) is 1.23. The Morgan fingerprint density at radius 2 is 2.33 bits per heavy atom. The summed E-state index contributed by atoms with van der Waals surface area (Å²) in [4.78, 5) is 10.8. The SMILES string of the molecule is C=CCOC(=O)CC(O)CCO. The Bertz CT molecular complexity index is 144. The Kier molecular flexibility index (Phi) is 6.32. The van der Waals surface area contributed by atoms with Crippen molar-refractivity contribution >= 4 is 5.97 Å². The number of hydrogen-bond donors (Lipinski definition) is 2. The van der Waals surface area contributed by atoms with Gasteiger partial charge in [0, 0.05) is 6.61 Å². The molecule has 0 saturated heterocycles. The van der Waals surface area contributed by atoms with Crippen LogP contribution in [-0.4, -0.2) is 35.5 Å². The van der Waals surface area contributed by atoms with Crippen LogP contribution in [0.4, 0.5) is 0 Å². The zero-order valence-electron chi connectivity index (χ0n) is 6.90. The van der Waals surface area contributed by atoms with Crippen LogP contribution in [-0.2, 0) is 9.53 Å². The van der Waals surface area contributed by atoms with Crippen LogP contribution >= 0.6 is 0 Å². The fraction of sp³-hybridized carbons (Fsp3) is 0.625. The second-order valence-corrected chi connectivity index (χ2v) is 2.34. The van der Waals surface area contributed by atoms with E-state index < -0.39 is 12.1 Å². The van der Waals surface area contributed by atoms with Crippen molar-refractivity contribution in [1.82, 2.24) is 0 Å². The Morgan fingerprint density at radius 1 is 1.67 bits per heavy atom. The van der Waals surface area contributed by atoms with Gasteiger partial charge in [-0.1, -0.05) is 12.7 Å². The van der Waals surface area contributed by atoms with E-state index in [0.29, 0.717) is 0 Å². The summed E-state index contributed by atoms with van der Waals surface area (Å²) < 4.78 is 4.61. The van der Waals surface area contributed by atoms with E-state index in [0.717, 1.165) is 0 Å². The molecule has 0 aliphatic heterocycles. The number of aliphatic hydroxyl groups excluding tert-OH is 2. The lowest BCUT2D eigenvalue weighted by atomic mass is 10.2. The topological polar surface area (TPSA) is 66.8 Å². The number of hydrogen-bond acceptors (Lipinski definition) is 4. The largest absolute Gasteiger partial charge is 0.461 e. The van der Waals surface area contributed by atoms with Gasteiger partial charge < -0.3 is 14.9 Å². The van der Waals surface area contributed by atoms with Crippen LogP contribution in [0.25, 0.3) is 0 Å². The Morgan fingerprint density at radius 3 is 2.83 bits per heavy atom. The molecule has 2 N–H and O–H groups in total. The van der Waals surface area contributed by atoms with Crippen molar-refractivity contribution in [2.75, 3.05) is 13.2 Å². The van der Waals surface area contributed by atoms with E-state index in [1.807, 2.05) is 0 Å². The van der Waals surface area contributed by atoms with E-state index >= 15 is 0 Å². The summed E-state index contributed by atoms with van der Waals surface area (Å²) in [5, 5.41) is 17.4. The number of aliphatic hydroxyl groups is 2. The standard InChI is InChI=1S/C8H14O4/c1-2-5-12-8(11)6-7(10)3-4-9/h2,7,9-10H,1,3-6H2. The van der Waals surface area contributed by atoms with E-state index in [4.69, 9.17) is 10.2 Å². The summed E-state index contributed by atoms with van der Waals surface area (Å²) in [6.07, 6.45) is 0.765. The Balaban J connectivity index is 3.46. The molecule has 0 aromatic rings. The van der Waals surface area contributed by atoms with Gasteiger partial charge in [0.15, 0.2) is 0 Å². The molecule has 0 rings (SSSR count). The van der Waals surface area contributed by atoms with Crippen LogP contribution in [0.2, 0.25) is 0 Å². The van der Waals surface area contributed by atoms with E-state index in [1.165, 1.54) is 6.08 Å². The van der Waals surface area contributed by atoms with Crippen LogP contribution in [0.5, 0.6) is 0 Å². The highest BCUT2D eigenvalue weighted by atomic mass is 16.5. The molecule has 0 amide bonds. The van der Waals surface area contributed by atoms with Crippen molar-refractivity contribution in [2.24, 2.45) is 0 Å². The van der Waals surface area contributed by atoms with Crippen LogP contribution < -0.4 is 0 Å². The molecule has 0 aliphatic rings. The fourth-order valence-corrected chi connectivity index (χ4v) is 0.654. The molecule has 1 atom stereocenters. The first-order valence-corrected chi connectivity index (χ1v) is 3.76. The summed E-state index contributed by atoms with van der Waals surface area (Å²) >= 11 is 0. The van der Waals surface area contributed by atoms with Crippen LogP contribution in [0.15, 0.2) is 12.7 Å². The first-order chi connectivity index (χ1) is 5.70. The number of esters is 1. The molecule has 0 radical (unpaired) electrons. The number of ether oxygens (including phenoxy) is 1. The molecule has 4 nitrogen and oxygen atoms in total. The Hall–Kier alpha value is -0.870. The third-order valence-electron chi connectivity index (χ3n) is 1.23. The first kappa shape index (κ1) is 11.1. The molecule has 0 heterocycles.